The van der Waals surface area contributed by atoms with Gasteiger partial charge in [0.25, 0.3) is 0 Å². The lowest BCUT2D eigenvalue weighted by Gasteiger charge is -2.31. The van der Waals surface area contributed by atoms with E-state index >= 15 is 0 Å². The van der Waals surface area contributed by atoms with Crippen molar-refractivity contribution >= 4 is 99.2 Å². The van der Waals surface area contributed by atoms with Crippen molar-refractivity contribution in [3.8, 4) is 0 Å². The molecule has 14 atom stereocenters. The summed E-state index contributed by atoms with van der Waals surface area (Å²) in [6.45, 7) is 22.8. The van der Waals surface area contributed by atoms with Crippen LogP contribution in [-0.2, 0) is 41.7 Å². The van der Waals surface area contributed by atoms with Gasteiger partial charge in [0.05, 0.1) is 14.2 Å². The molecule has 14 unspecified atom stereocenters. The average molecular weight is 1320 g/mol. The van der Waals surface area contributed by atoms with Gasteiger partial charge in [-0.2, -0.15) is 0 Å². The maximum absolute atomic E-state index is 13.3. The Balaban J connectivity index is 0.000000164. The van der Waals surface area contributed by atoms with Crippen LogP contribution in [0.3, 0.4) is 0 Å². The van der Waals surface area contributed by atoms with Gasteiger partial charge in [-0.25, -0.2) is 0 Å². The molecule has 6 aliphatic carbocycles. The summed E-state index contributed by atoms with van der Waals surface area (Å²) in [6, 6.07) is 35.2. The molecule has 4 saturated carbocycles. The van der Waals surface area contributed by atoms with Crippen molar-refractivity contribution in [2.75, 3.05) is 27.3 Å². The Labute approximate surface area is 539 Å². The quantitative estimate of drug-likeness (QED) is 0.0446. The number of esters is 2. The predicted molar refractivity (Wildman–Crippen MR) is 367 cm³/mol. The van der Waals surface area contributed by atoms with Crippen LogP contribution in [-0.4, -0.2) is 68.8 Å². The molecule has 2 heterocycles. The van der Waals surface area contributed by atoms with E-state index in [2.05, 4.69) is 210 Å². The Hall–Kier alpha value is -5.98. The summed E-state index contributed by atoms with van der Waals surface area (Å²) >= 11 is 6.87. The molecule has 4 fully saturated rings. The highest BCUT2D eigenvalue weighted by Crippen LogP contribution is 2.47. The topological polar surface area (TPSA) is 121 Å². The standard InChI is InChI=1S/C39H49BrN2O3.C20H19N.C17H26BrNO3/c1-7-26-19-29(30(20-26)23-41-36(43)38(3,4)25-39(5,40)37(44)45-6)18-17-27-21-28(8-2)31(22-27)24-42-34-15-11-9-13-32(34)33-14-10-12-16-35(33)42;1-3-7-19-17(5-1)18-6-2-4-8-20(18)21(19)13-16-12-14-9-10-15(16)11-14;1-16(2,10-17(3,18)15(21)22-4)14(20)19-9-13-8-11-5-6-12(13)7-11/h7-18,26-31H,1-2,19-25H2,3-6H3,(H,41,43);1-10,14-16H,11-13H2;5-6,11-13H,7-10H2,1-4H3,(H,19,20)/b18-17-;;. The number of hydrogen-bond acceptors (Lipinski definition) is 6. The van der Waals surface area contributed by atoms with Crippen LogP contribution in [0.2, 0.25) is 0 Å². The summed E-state index contributed by atoms with van der Waals surface area (Å²) in [4.78, 5) is 49.8. The van der Waals surface area contributed by atoms with Crippen LogP contribution in [0.4, 0.5) is 0 Å². The maximum atomic E-state index is 13.3. The number of allylic oxidation sites excluding steroid dienone is 8. The van der Waals surface area contributed by atoms with Gasteiger partial charge in [-0.15, -0.1) is 13.2 Å². The van der Waals surface area contributed by atoms with Crippen LogP contribution in [0.5, 0.6) is 0 Å². The van der Waals surface area contributed by atoms with Crippen molar-refractivity contribution in [2.24, 2.45) is 81.8 Å². The van der Waals surface area contributed by atoms with Crippen molar-refractivity contribution in [1.82, 2.24) is 19.8 Å². The molecule has 88 heavy (non-hydrogen) atoms. The van der Waals surface area contributed by atoms with Crippen LogP contribution in [0.15, 0.2) is 159 Å². The van der Waals surface area contributed by atoms with E-state index in [1.165, 1.54) is 90.1 Å². The maximum Gasteiger partial charge on any atom is 0.322 e. The van der Waals surface area contributed by atoms with Crippen LogP contribution >= 0.6 is 31.9 Å². The number of aromatic nitrogens is 2. The Kier molecular flexibility index (Phi) is 20.1. The molecule has 12 rings (SSSR count). The van der Waals surface area contributed by atoms with E-state index in [9.17, 15) is 19.2 Å². The lowest BCUT2D eigenvalue weighted by Crippen LogP contribution is -2.45. The van der Waals surface area contributed by atoms with Crippen LogP contribution < -0.4 is 10.6 Å². The van der Waals surface area contributed by atoms with Gasteiger partial charge in [0.1, 0.15) is 8.65 Å². The number of amides is 2. The van der Waals surface area contributed by atoms with Gasteiger partial charge in [0.15, 0.2) is 0 Å². The third kappa shape index (κ3) is 14.3. The van der Waals surface area contributed by atoms with Gasteiger partial charge in [0, 0.05) is 80.6 Å². The molecule has 468 valence electrons. The predicted octanol–water partition coefficient (Wildman–Crippen LogP) is 16.9. The molecule has 2 amide bonds. The molecule has 2 aromatic heterocycles. The van der Waals surface area contributed by atoms with E-state index in [0.717, 1.165) is 56.5 Å². The highest BCUT2D eigenvalue weighted by molar-refractivity contribution is 9.10. The fourth-order valence-electron chi connectivity index (χ4n) is 16.4. The number of halogens is 2. The average Bonchev–Trinajstić information content (AvgIpc) is 1.75. The van der Waals surface area contributed by atoms with Crippen molar-refractivity contribution in [3.05, 3.63) is 159 Å². The third-order valence-electron chi connectivity index (χ3n) is 20.9. The van der Waals surface area contributed by atoms with E-state index in [1.807, 2.05) is 27.7 Å². The first-order valence-corrected chi connectivity index (χ1v) is 33.9. The van der Waals surface area contributed by atoms with Crippen molar-refractivity contribution in [1.29, 1.82) is 0 Å². The number of benzene rings is 4. The first-order chi connectivity index (χ1) is 42.0. The van der Waals surface area contributed by atoms with E-state index in [0.29, 0.717) is 72.6 Å². The Bertz CT molecular complexity index is 3510. The highest BCUT2D eigenvalue weighted by Gasteiger charge is 2.44. The molecular weight excluding hydrogens is 1220 g/mol. The Morgan fingerprint density at radius 1 is 0.489 bits per heavy atom. The largest absolute Gasteiger partial charge is 0.468 e. The molecule has 0 aliphatic heterocycles. The van der Waals surface area contributed by atoms with Crippen molar-refractivity contribution in [3.63, 3.8) is 0 Å². The number of hydrogen-bond donors (Lipinski definition) is 2. The second-order valence-electron chi connectivity index (χ2n) is 28.5. The number of rotatable bonds is 20. The van der Waals surface area contributed by atoms with Gasteiger partial charge in [-0.05, 0) is 173 Å². The fraction of sp³-hybridized carbons (Fsp3) is 0.500. The minimum atomic E-state index is -0.918. The molecule has 10 nitrogen and oxygen atoms in total. The SMILES string of the molecule is C1=CC2CC1CC2Cn1c2ccccc2c2ccccc21.C=CC1CC(/C=C\C2CC(C=C)C(Cn3c4ccccc4c4ccccc43)C2)C(CNC(=O)C(C)(C)CC(C)(Br)C(=O)OC)C1.COC(=O)C(C)(Br)CC(C)(C)C(=O)NCC1CC2C=CC1C2. The molecular formula is C76H94Br2N4O6. The molecule has 6 aromatic rings. The minimum Gasteiger partial charge on any atom is -0.468 e. The number of para-hydroxylation sites is 4. The van der Waals surface area contributed by atoms with Crippen LogP contribution in [0.1, 0.15) is 106 Å². The van der Waals surface area contributed by atoms with Gasteiger partial charge in [-0.1, -0.05) is 181 Å². The lowest BCUT2D eigenvalue weighted by molar-refractivity contribution is -0.145. The monoisotopic (exact) mass is 1320 g/mol. The Morgan fingerprint density at radius 3 is 1.28 bits per heavy atom. The van der Waals surface area contributed by atoms with Crippen molar-refractivity contribution < 1.29 is 28.7 Å². The number of alkyl halides is 2. The molecule has 12 heteroatoms. The summed E-state index contributed by atoms with van der Waals surface area (Å²) in [5, 5.41) is 11.7. The van der Waals surface area contributed by atoms with E-state index in [1.54, 1.807) is 13.8 Å². The third-order valence-corrected chi connectivity index (χ3v) is 22.1. The molecule has 4 bridgehead atoms. The summed E-state index contributed by atoms with van der Waals surface area (Å²) < 4.78 is 13.0. The van der Waals surface area contributed by atoms with Crippen molar-refractivity contribution in [2.45, 2.75) is 127 Å². The van der Waals surface area contributed by atoms with Crippen LogP contribution in [0.25, 0.3) is 43.6 Å². The number of nitrogens with one attached hydrogen (secondary N) is 2. The number of ether oxygens (including phenoxy) is 2. The normalized spacial score (nSPS) is 27.4. The fourth-order valence-corrected chi connectivity index (χ4v) is 18.2. The van der Waals surface area contributed by atoms with E-state index < -0.39 is 19.5 Å². The zero-order chi connectivity index (χ0) is 62.7. The molecule has 6 aliphatic rings. The van der Waals surface area contributed by atoms with Crippen LogP contribution in [0, 0.1) is 81.8 Å². The van der Waals surface area contributed by atoms with E-state index in [-0.39, 0.29) is 23.8 Å². The van der Waals surface area contributed by atoms with Gasteiger partial charge >= 0.3 is 11.9 Å². The second-order valence-corrected chi connectivity index (χ2v) is 32.0. The summed E-state index contributed by atoms with van der Waals surface area (Å²) in [6.07, 6.45) is 28.9. The van der Waals surface area contributed by atoms with Gasteiger partial charge in [0.2, 0.25) is 11.8 Å². The minimum absolute atomic E-state index is 0.00571. The number of carbonyl (C=O) groups excluding carboxylic acids is 4. The zero-order valence-electron chi connectivity index (χ0n) is 53.2. The lowest BCUT2D eigenvalue weighted by atomic mass is 9.82. The first kappa shape index (κ1) is 65.0. The summed E-state index contributed by atoms with van der Waals surface area (Å²) in [7, 11) is 2.73. The molecule has 0 radical (unpaired) electrons. The highest BCUT2D eigenvalue weighted by atomic mass is 79.9. The van der Waals surface area contributed by atoms with E-state index in [4.69, 9.17) is 9.47 Å². The van der Waals surface area contributed by atoms with Gasteiger partial charge in [-0.3, -0.25) is 19.2 Å². The number of nitrogens with zero attached hydrogens (tertiary/aromatic N) is 2. The number of fused-ring (bicyclic) bond motifs is 10. The molecule has 4 aromatic carbocycles. The second kappa shape index (κ2) is 27.2. The smallest absolute Gasteiger partial charge is 0.322 e. The number of carbonyl (C=O) groups is 4. The summed E-state index contributed by atoms with van der Waals surface area (Å²) in [5.74, 6) is 6.33. The molecule has 0 saturated heterocycles. The molecule has 0 spiro atoms. The Morgan fingerprint density at radius 2 is 0.886 bits per heavy atom. The first-order valence-electron chi connectivity index (χ1n) is 32.4. The molecule has 2 N–H and O–H groups in total. The summed E-state index contributed by atoms with van der Waals surface area (Å²) in [5.41, 5.74) is 4.03. The van der Waals surface area contributed by atoms with Gasteiger partial charge < -0.3 is 29.2 Å². The zero-order valence-corrected chi connectivity index (χ0v) is 56.4. The number of methoxy groups -OCH3 is 2.